The highest BCUT2D eigenvalue weighted by atomic mass is 16.7. The van der Waals surface area contributed by atoms with Gasteiger partial charge in [0.05, 0.1) is 17.6 Å². The van der Waals surface area contributed by atoms with E-state index in [1.807, 2.05) is 34.9 Å². The smallest absolute Gasteiger partial charge is 0.231 e. The Labute approximate surface area is 121 Å². The number of nitrogens with two attached hydrogens (primary N) is 1. The lowest BCUT2D eigenvalue weighted by atomic mass is 10.1. The second-order valence-electron chi connectivity index (χ2n) is 5.19. The SMILES string of the molecule is Cc1cccc2nc(N)n(Cc3ccc4c(c3)OCO4)c12. The lowest BCUT2D eigenvalue weighted by Crippen LogP contribution is -2.05. The molecule has 0 amide bonds. The van der Waals surface area contributed by atoms with Gasteiger partial charge in [-0.25, -0.2) is 4.98 Å². The molecule has 5 heteroatoms. The van der Waals surface area contributed by atoms with E-state index >= 15 is 0 Å². The van der Waals surface area contributed by atoms with Crippen molar-refractivity contribution in [3.8, 4) is 11.5 Å². The molecule has 0 fully saturated rings. The summed E-state index contributed by atoms with van der Waals surface area (Å²) in [6, 6.07) is 12.0. The topological polar surface area (TPSA) is 62.3 Å². The fourth-order valence-corrected chi connectivity index (χ4v) is 2.77. The number of aryl methyl sites for hydroxylation is 1. The molecule has 2 heterocycles. The van der Waals surface area contributed by atoms with Crippen LogP contribution in [0.2, 0.25) is 0 Å². The van der Waals surface area contributed by atoms with Gasteiger partial charge in [-0.2, -0.15) is 0 Å². The first-order valence-corrected chi connectivity index (χ1v) is 6.82. The number of ether oxygens (including phenoxy) is 2. The van der Waals surface area contributed by atoms with Crippen molar-refractivity contribution in [2.45, 2.75) is 13.5 Å². The number of nitrogen functional groups attached to an aromatic ring is 1. The van der Waals surface area contributed by atoms with Crippen LogP contribution < -0.4 is 15.2 Å². The van der Waals surface area contributed by atoms with Crippen LogP contribution in [0.25, 0.3) is 11.0 Å². The monoisotopic (exact) mass is 281 g/mol. The fraction of sp³-hybridized carbons (Fsp3) is 0.188. The van der Waals surface area contributed by atoms with E-state index in [9.17, 15) is 0 Å². The van der Waals surface area contributed by atoms with Crippen LogP contribution in [0.3, 0.4) is 0 Å². The minimum atomic E-state index is 0.286. The zero-order valence-corrected chi connectivity index (χ0v) is 11.7. The molecule has 4 rings (SSSR count). The molecular formula is C16H15N3O2. The summed E-state index contributed by atoms with van der Waals surface area (Å²) < 4.78 is 12.8. The van der Waals surface area contributed by atoms with Crippen molar-refractivity contribution in [2.24, 2.45) is 0 Å². The number of hydrogen-bond donors (Lipinski definition) is 1. The predicted octanol–water partition coefficient (Wildman–Crippen LogP) is 2.70. The zero-order chi connectivity index (χ0) is 14.4. The molecule has 1 aliphatic heterocycles. The van der Waals surface area contributed by atoms with Crippen molar-refractivity contribution in [1.82, 2.24) is 9.55 Å². The largest absolute Gasteiger partial charge is 0.454 e. The molecule has 1 aliphatic rings. The van der Waals surface area contributed by atoms with Gasteiger partial charge in [-0.1, -0.05) is 18.2 Å². The molecule has 0 saturated heterocycles. The van der Waals surface area contributed by atoms with E-state index < -0.39 is 0 Å². The van der Waals surface area contributed by atoms with E-state index in [0.717, 1.165) is 33.7 Å². The molecule has 0 saturated carbocycles. The van der Waals surface area contributed by atoms with Crippen molar-refractivity contribution >= 4 is 17.0 Å². The van der Waals surface area contributed by atoms with Gasteiger partial charge in [0.15, 0.2) is 11.5 Å². The second kappa shape index (κ2) is 4.41. The van der Waals surface area contributed by atoms with E-state index in [2.05, 4.69) is 18.0 Å². The molecule has 0 spiro atoms. The van der Waals surface area contributed by atoms with E-state index in [4.69, 9.17) is 15.2 Å². The quantitative estimate of drug-likeness (QED) is 0.784. The van der Waals surface area contributed by atoms with Gasteiger partial charge in [-0.05, 0) is 36.2 Å². The van der Waals surface area contributed by atoms with E-state index in [-0.39, 0.29) is 6.79 Å². The Balaban J connectivity index is 1.79. The molecule has 3 aromatic rings. The summed E-state index contributed by atoms with van der Waals surface area (Å²) in [6.07, 6.45) is 0. The Morgan fingerprint density at radius 3 is 2.95 bits per heavy atom. The molecule has 1 aromatic heterocycles. The average Bonchev–Trinajstić information content (AvgIpc) is 3.04. The third kappa shape index (κ3) is 1.89. The number of aromatic nitrogens is 2. The summed E-state index contributed by atoms with van der Waals surface area (Å²) in [5.74, 6) is 2.10. The van der Waals surface area contributed by atoms with Crippen LogP contribution in [-0.2, 0) is 6.54 Å². The van der Waals surface area contributed by atoms with Crippen LogP contribution >= 0.6 is 0 Å². The Morgan fingerprint density at radius 1 is 1.19 bits per heavy atom. The van der Waals surface area contributed by atoms with Crippen LogP contribution in [0.15, 0.2) is 36.4 Å². The maximum absolute atomic E-state index is 6.08. The number of nitrogens with zero attached hydrogens (tertiary/aromatic N) is 2. The van der Waals surface area contributed by atoms with Crippen LogP contribution in [-0.4, -0.2) is 16.3 Å². The molecule has 0 atom stereocenters. The highest BCUT2D eigenvalue weighted by Crippen LogP contribution is 2.33. The molecule has 0 unspecified atom stereocenters. The number of anilines is 1. The zero-order valence-electron chi connectivity index (χ0n) is 11.7. The Morgan fingerprint density at radius 2 is 2.05 bits per heavy atom. The minimum absolute atomic E-state index is 0.286. The minimum Gasteiger partial charge on any atom is -0.454 e. The predicted molar refractivity (Wildman–Crippen MR) is 80.5 cm³/mol. The van der Waals surface area contributed by atoms with Crippen LogP contribution in [0.5, 0.6) is 11.5 Å². The maximum Gasteiger partial charge on any atom is 0.231 e. The number of hydrogen-bond acceptors (Lipinski definition) is 4. The van der Waals surface area contributed by atoms with Gasteiger partial charge in [0.2, 0.25) is 12.7 Å². The normalized spacial score (nSPS) is 13.0. The highest BCUT2D eigenvalue weighted by Gasteiger charge is 2.15. The van der Waals surface area contributed by atoms with Crippen molar-refractivity contribution in [3.63, 3.8) is 0 Å². The van der Waals surface area contributed by atoms with E-state index in [0.29, 0.717) is 12.5 Å². The van der Waals surface area contributed by atoms with Crippen molar-refractivity contribution < 1.29 is 9.47 Å². The van der Waals surface area contributed by atoms with Crippen LogP contribution in [0.4, 0.5) is 5.95 Å². The molecule has 0 aliphatic carbocycles. The molecule has 2 aromatic carbocycles. The van der Waals surface area contributed by atoms with Gasteiger partial charge in [0.25, 0.3) is 0 Å². The lowest BCUT2D eigenvalue weighted by Gasteiger charge is -2.09. The number of fused-ring (bicyclic) bond motifs is 2. The van der Waals surface area contributed by atoms with Gasteiger partial charge < -0.3 is 19.8 Å². The van der Waals surface area contributed by atoms with E-state index in [1.165, 1.54) is 0 Å². The first-order valence-electron chi connectivity index (χ1n) is 6.82. The molecule has 0 bridgehead atoms. The van der Waals surface area contributed by atoms with Gasteiger partial charge in [0.1, 0.15) is 0 Å². The Bertz CT molecular complexity index is 839. The first kappa shape index (κ1) is 12.1. The van der Waals surface area contributed by atoms with Crippen molar-refractivity contribution in [1.29, 1.82) is 0 Å². The summed E-state index contributed by atoms with van der Waals surface area (Å²) in [5.41, 5.74) is 10.3. The van der Waals surface area contributed by atoms with Crippen LogP contribution in [0.1, 0.15) is 11.1 Å². The van der Waals surface area contributed by atoms with Crippen molar-refractivity contribution in [2.75, 3.05) is 12.5 Å². The summed E-state index contributed by atoms with van der Waals surface area (Å²) in [5, 5.41) is 0. The molecule has 2 N–H and O–H groups in total. The number of benzene rings is 2. The van der Waals surface area contributed by atoms with Gasteiger partial charge in [0, 0.05) is 0 Å². The fourth-order valence-electron chi connectivity index (χ4n) is 2.77. The molecular weight excluding hydrogens is 266 g/mol. The van der Waals surface area contributed by atoms with Gasteiger partial charge in [-0.15, -0.1) is 0 Å². The lowest BCUT2D eigenvalue weighted by molar-refractivity contribution is 0.174. The number of para-hydroxylation sites is 1. The third-order valence-electron chi connectivity index (χ3n) is 3.78. The highest BCUT2D eigenvalue weighted by molar-refractivity contribution is 5.81. The molecule has 106 valence electrons. The maximum atomic E-state index is 6.08. The van der Waals surface area contributed by atoms with Crippen molar-refractivity contribution in [3.05, 3.63) is 47.5 Å². The summed E-state index contributed by atoms with van der Waals surface area (Å²) in [6.45, 7) is 3.01. The number of rotatable bonds is 2. The standard InChI is InChI=1S/C16H15N3O2/c1-10-3-2-4-12-15(10)19(16(17)18-12)8-11-5-6-13-14(7-11)21-9-20-13/h2-7H,8-9H2,1H3,(H2,17,18). The van der Waals surface area contributed by atoms with Gasteiger partial charge in [-0.3, -0.25) is 0 Å². The molecule has 21 heavy (non-hydrogen) atoms. The summed E-state index contributed by atoms with van der Waals surface area (Å²) in [7, 11) is 0. The first-order chi connectivity index (χ1) is 10.2. The third-order valence-corrected chi connectivity index (χ3v) is 3.78. The molecule has 5 nitrogen and oxygen atoms in total. The summed E-state index contributed by atoms with van der Waals surface area (Å²) >= 11 is 0. The van der Waals surface area contributed by atoms with Gasteiger partial charge >= 0.3 is 0 Å². The average molecular weight is 281 g/mol. The Kier molecular flexibility index (Phi) is 2.54. The molecule has 0 radical (unpaired) electrons. The Hall–Kier alpha value is -2.69. The second-order valence-corrected chi connectivity index (χ2v) is 5.19. The van der Waals surface area contributed by atoms with E-state index in [1.54, 1.807) is 0 Å². The van der Waals surface area contributed by atoms with Crippen LogP contribution in [0, 0.1) is 6.92 Å². The summed E-state index contributed by atoms with van der Waals surface area (Å²) in [4.78, 5) is 4.43. The number of imidazole rings is 1.